The summed E-state index contributed by atoms with van der Waals surface area (Å²) < 4.78 is 13.5. The first-order valence-corrected chi connectivity index (χ1v) is 5.77. The second-order valence-corrected chi connectivity index (χ2v) is 4.57. The van der Waals surface area contributed by atoms with Gasteiger partial charge in [0, 0.05) is 13.0 Å². The number of carboxylic acids is 1. The Morgan fingerprint density at radius 2 is 2.06 bits per heavy atom. The number of hydrogen-bond acceptors (Lipinski definition) is 3. The average Bonchev–Trinajstić information content (AvgIpc) is 2.23. The fourth-order valence-electron chi connectivity index (χ4n) is 1.80. The van der Waals surface area contributed by atoms with Gasteiger partial charge in [-0.25, -0.2) is 4.39 Å². The average molecular weight is 255 g/mol. The summed E-state index contributed by atoms with van der Waals surface area (Å²) in [5, 5.41) is 18.1. The molecule has 0 saturated carbocycles. The zero-order valence-corrected chi connectivity index (χ0v) is 10.6. The highest BCUT2D eigenvalue weighted by Crippen LogP contribution is 2.25. The lowest BCUT2D eigenvalue weighted by Gasteiger charge is -2.12. The van der Waals surface area contributed by atoms with Gasteiger partial charge in [-0.05, 0) is 44.1 Å². The molecule has 0 bridgehead atoms. The summed E-state index contributed by atoms with van der Waals surface area (Å²) >= 11 is 0. The van der Waals surface area contributed by atoms with Crippen molar-refractivity contribution in [2.75, 3.05) is 14.1 Å². The molecule has 0 unspecified atom stereocenters. The molecule has 1 aromatic rings. The molecule has 5 heteroatoms. The number of nitrogens with zero attached hydrogens (tertiary/aromatic N) is 1. The molecular weight excluding hydrogens is 237 g/mol. The molecule has 0 fully saturated rings. The third kappa shape index (κ3) is 4.33. The summed E-state index contributed by atoms with van der Waals surface area (Å²) in [7, 11) is 3.74. The van der Waals surface area contributed by atoms with Crippen LogP contribution in [0.2, 0.25) is 0 Å². The second-order valence-electron chi connectivity index (χ2n) is 4.57. The van der Waals surface area contributed by atoms with E-state index in [0.717, 1.165) is 5.56 Å². The summed E-state index contributed by atoms with van der Waals surface area (Å²) in [6.45, 7) is 0.573. The first-order valence-electron chi connectivity index (χ1n) is 5.77. The SMILES string of the molecule is CN(C)Cc1cc(F)c(O)c(CCCC(=O)O)c1. The van der Waals surface area contributed by atoms with Crippen molar-refractivity contribution in [1.29, 1.82) is 0 Å². The molecule has 0 heterocycles. The molecular formula is C13H18FNO3. The van der Waals surface area contributed by atoms with Gasteiger partial charge in [0.05, 0.1) is 0 Å². The van der Waals surface area contributed by atoms with Crippen molar-refractivity contribution in [2.45, 2.75) is 25.8 Å². The fourth-order valence-corrected chi connectivity index (χ4v) is 1.80. The standard InChI is InChI=1S/C13H18FNO3/c1-15(2)8-9-6-10(4-3-5-12(16)17)13(18)11(14)7-9/h6-7,18H,3-5,8H2,1-2H3,(H,16,17). The van der Waals surface area contributed by atoms with E-state index in [0.29, 0.717) is 24.9 Å². The topological polar surface area (TPSA) is 60.8 Å². The molecule has 0 saturated heterocycles. The summed E-state index contributed by atoms with van der Waals surface area (Å²) in [5.74, 6) is -1.91. The molecule has 0 aliphatic rings. The maximum Gasteiger partial charge on any atom is 0.303 e. The van der Waals surface area contributed by atoms with Crippen LogP contribution in [0.4, 0.5) is 4.39 Å². The summed E-state index contributed by atoms with van der Waals surface area (Å²) in [6, 6.07) is 3.02. The van der Waals surface area contributed by atoms with Crippen molar-refractivity contribution >= 4 is 5.97 Å². The molecule has 0 spiro atoms. The van der Waals surface area contributed by atoms with Crippen LogP contribution in [-0.2, 0) is 17.8 Å². The van der Waals surface area contributed by atoms with E-state index in [2.05, 4.69) is 0 Å². The van der Waals surface area contributed by atoms with Crippen LogP contribution in [0.3, 0.4) is 0 Å². The Balaban J connectivity index is 2.81. The van der Waals surface area contributed by atoms with Gasteiger partial charge in [0.2, 0.25) is 0 Å². The number of hydrogen-bond donors (Lipinski definition) is 2. The first kappa shape index (κ1) is 14.4. The predicted molar refractivity (Wildman–Crippen MR) is 66.0 cm³/mol. The highest BCUT2D eigenvalue weighted by atomic mass is 19.1. The Bertz CT molecular complexity index is 432. The smallest absolute Gasteiger partial charge is 0.303 e. The van der Waals surface area contributed by atoms with Crippen molar-refractivity contribution in [3.8, 4) is 5.75 Å². The fraction of sp³-hybridized carbons (Fsp3) is 0.462. The van der Waals surface area contributed by atoms with Crippen LogP contribution in [-0.4, -0.2) is 35.2 Å². The molecule has 0 atom stereocenters. The Kier molecular flexibility index (Phi) is 5.09. The molecule has 100 valence electrons. The number of aromatic hydroxyl groups is 1. The molecule has 2 N–H and O–H groups in total. The van der Waals surface area contributed by atoms with Gasteiger partial charge in [0.25, 0.3) is 0 Å². The third-order valence-electron chi connectivity index (χ3n) is 2.54. The lowest BCUT2D eigenvalue weighted by atomic mass is 10.0. The molecule has 0 aliphatic carbocycles. The number of carbonyl (C=O) groups is 1. The minimum absolute atomic E-state index is 0.0129. The van der Waals surface area contributed by atoms with Crippen molar-refractivity contribution in [2.24, 2.45) is 0 Å². The molecule has 0 radical (unpaired) electrons. The molecule has 4 nitrogen and oxygen atoms in total. The molecule has 1 rings (SSSR count). The normalized spacial score (nSPS) is 10.9. The lowest BCUT2D eigenvalue weighted by molar-refractivity contribution is -0.137. The van der Waals surface area contributed by atoms with Gasteiger partial charge in [0.15, 0.2) is 11.6 Å². The van der Waals surface area contributed by atoms with Gasteiger partial charge in [-0.15, -0.1) is 0 Å². The minimum Gasteiger partial charge on any atom is -0.505 e. The van der Waals surface area contributed by atoms with Gasteiger partial charge in [-0.1, -0.05) is 6.07 Å². The van der Waals surface area contributed by atoms with Gasteiger partial charge >= 0.3 is 5.97 Å². The molecule has 0 amide bonds. The summed E-state index contributed by atoms with van der Waals surface area (Å²) in [5.41, 5.74) is 1.23. The Hall–Kier alpha value is -1.62. The number of aryl methyl sites for hydroxylation is 1. The highest BCUT2D eigenvalue weighted by molar-refractivity contribution is 5.66. The number of halogens is 1. The summed E-state index contributed by atoms with van der Waals surface area (Å²) in [4.78, 5) is 12.3. The lowest BCUT2D eigenvalue weighted by Crippen LogP contribution is -2.11. The monoisotopic (exact) mass is 255 g/mol. The van der Waals surface area contributed by atoms with Crippen molar-refractivity contribution in [3.63, 3.8) is 0 Å². The number of carboxylic acid groups (broad SMARTS) is 1. The maximum atomic E-state index is 13.5. The van der Waals surface area contributed by atoms with Crippen LogP contribution in [0.5, 0.6) is 5.75 Å². The second kappa shape index (κ2) is 6.35. The number of rotatable bonds is 6. The van der Waals surface area contributed by atoms with Crippen LogP contribution in [0.1, 0.15) is 24.0 Å². The third-order valence-corrected chi connectivity index (χ3v) is 2.54. The number of aliphatic carboxylic acids is 1. The molecule has 18 heavy (non-hydrogen) atoms. The zero-order chi connectivity index (χ0) is 13.7. The quantitative estimate of drug-likeness (QED) is 0.816. The van der Waals surface area contributed by atoms with Gasteiger partial charge in [-0.2, -0.15) is 0 Å². The number of benzene rings is 1. The van der Waals surface area contributed by atoms with E-state index >= 15 is 0 Å². The van der Waals surface area contributed by atoms with Gasteiger partial charge in [0.1, 0.15) is 0 Å². The summed E-state index contributed by atoms with van der Waals surface area (Å²) in [6.07, 6.45) is 0.753. The Labute approximate surface area is 106 Å². The van der Waals surface area contributed by atoms with Crippen molar-refractivity contribution in [1.82, 2.24) is 4.90 Å². The first-order chi connectivity index (χ1) is 8.40. The van der Waals surface area contributed by atoms with Crippen LogP contribution < -0.4 is 0 Å². The Morgan fingerprint density at radius 3 is 2.61 bits per heavy atom. The van der Waals surface area contributed by atoms with E-state index in [1.54, 1.807) is 6.07 Å². The predicted octanol–water partition coefficient (Wildman–Crippen LogP) is 2.00. The van der Waals surface area contributed by atoms with Crippen LogP contribution in [0, 0.1) is 5.82 Å². The molecule has 0 aromatic heterocycles. The van der Waals surface area contributed by atoms with Gasteiger partial charge < -0.3 is 15.1 Å². The van der Waals surface area contributed by atoms with Crippen LogP contribution in [0.15, 0.2) is 12.1 Å². The largest absolute Gasteiger partial charge is 0.505 e. The van der Waals surface area contributed by atoms with Crippen molar-refractivity contribution in [3.05, 3.63) is 29.1 Å². The van der Waals surface area contributed by atoms with E-state index in [4.69, 9.17) is 5.11 Å². The Morgan fingerprint density at radius 1 is 1.39 bits per heavy atom. The maximum absolute atomic E-state index is 13.5. The van der Waals surface area contributed by atoms with E-state index in [9.17, 15) is 14.3 Å². The molecule has 0 aliphatic heterocycles. The van der Waals surface area contributed by atoms with E-state index in [1.165, 1.54) is 6.07 Å². The van der Waals surface area contributed by atoms with E-state index in [1.807, 2.05) is 19.0 Å². The zero-order valence-electron chi connectivity index (χ0n) is 10.6. The number of phenolic OH excluding ortho intramolecular Hbond substituents is 1. The van der Waals surface area contributed by atoms with Crippen LogP contribution in [0.25, 0.3) is 0 Å². The van der Waals surface area contributed by atoms with Crippen LogP contribution >= 0.6 is 0 Å². The number of phenols is 1. The molecule has 1 aromatic carbocycles. The van der Waals surface area contributed by atoms with E-state index in [-0.39, 0.29) is 12.2 Å². The van der Waals surface area contributed by atoms with E-state index < -0.39 is 11.8 Å². The minimum atomic E-state index is -0.889. The highest BCUT2D eigenvalue weighted by Gasteiger charge is 2.11. The van der Waals surface area contributed by atoms with Crippen molar-refractivity contribution < 1.29 is 19.4 Å². The van der Waals surface area contributed by atoms with Gasteiger partial charge in [-0.3, -0.25) is 4.79 Å².